The van der Waals surface area contributed by atoms with Crippen molar-refractivity contribution in [1.82, 2.24) is 0 Å². The number of aliphatic hydroxyl groups is 1. The van der Waals surface area contributed by atoms with Gasteiger partial charge >= 0.3 is 0 Å². The zero-order valence-electron chi connectivity index (χ0n) is 16.8. The first kappa shape index (κ1) is 19.3. The quantitative estimate of drug-likeness (QED) is 0.798. The van der Waals surface area contributed by atoms with Crippen molar-refractivity contribution >= 4 is 11.6 Å². The van der Waals surface area contributed by atoms with Crippen LogP contribution in [0.5, 0.6) is 0 Å². The van der Waals surface area contributed by atoms with Gasteiger partial charge in [0.1, 0.15) is 11.3 Å². The molecule has 0 saturated heterocycles. The summed E-state index contributed by atoms with van der Waals surface area (Å²) < 4.78 is 22.7. The number of hydrogen-bond acceptors (Lipinski definition) is 4. The van der Waals surface area contributed by atoms with Gasteiger partial charge in [-0.05, 0) is 57.4 Å². The molecule has 4 rings (SSSR count). The molecule has 3 saturated carbocycles. The number of halogens is 1. The molecule has 0 heterocycles. The second-order valence-electron chi connectivity index (χ2n) is 9.75. The van der Waals surface area contributed by atoms with E-state index in [0.29, 0.717) is 32.1 Å². The molecule has 3 fully saturated rings. The van der Waals surface area contributed by atoms with E-state index in [-0.39, 0.29) is 29.8 Å². The highest BCUT2D eigenvalue weighted by molar-refractivity contribution is 5.92. The van der Waals surface area contributed by atoms with E-state index in [4.69, 9.17) is 4.74 Å². The molecule has 27 heavy (non-hydrogen) atoms. The van der Waals surface area contributed by atoms with Gasteiger partial charge in [-0.2, -0.15) is 0 Å². The maximum Gasteiger partial charge on any atom is 0.162 e. The third kappa shape index (κ3) is 2.05. The number of hydrogen-bond donors (Lipinski definition) is 1. The summed E-state index contributed by atoms with van der Waals surface area (Å²) >= 11 is 0. The van der Waals surface area contributed by atoms with E-state index in [9.17, 15) is 14.7 Å². The molecule has 1 N–H and O–H groups in total. The first-order valence-electron chi connectivity index (χ1n) is 10.2. The Labute approximate surface area is 160 Å². The number of alkyl halides is 1. The Balaban J connectivity index is 1.82. The summed E-state index contributed by atoms with van der Waals surface area (Å²) in [6, 6.07) is 0. The maximum atomic E-state index is 16.9. The van der Waals surface area contributed by atoms with Gasteiger partial charge in [0.2, 0.25) is 0 Å². The van der Waals surface area contributed by atoms with E-state index < -0.39 is 28.2 Å². The van der Waals surface area contributed by atoms with Gasteiger partial charge in [-0.3, -0.25) is 9.59 Å². The van der Waals surface area contributed by atoms with Crippen LogP contribution in [0.1, 0.15) is 65.7 Å². The van der Waals surface area contributed by atoms with E-state index in [1.54, 1.807) is 20.1 Å². The van der Waals surface area contributed by atoms with Crippen LogP contribution in [-0.4, -0.2) is 41.2 Å². The highest BCUT2D eigenvalue weighted by Crippen LogP contribution is 2.70. The van der Waals surface area contributed by atoms with E-state index >= 15 is 4.39 Å². The van der Waals surface area contributed by atoms with Crippen LogP contribution in [0, 0.1) is 22.7 Å². The third-order valence-corrected chi connectivity index (χ3v) is 9.08. The fourth-order valence-corrected chi connectivity index (χ4v) is 7.62. The minimum absolute atomic E-state index is 0.00856. The molecule has 0 aromatic carbocycles. The highest BCUT2D eigenvalue weighted by Gasteiger charge is 2.74. The fraction of sp³-hybridized carbons (Fsp3) is 0.818. The maximum absolute atomic E-state index is 16.9. The minimum atomic E-state index is -1.76. The smallest absolute Gasteiger partial charge is 0.162 e. The molecule has 4 nitrogen and oxygen atoms in total. The molecule has 7 unspecified atom stereocenters. The van der Waals surface area contributed by atoms with E-state index in [0.717, 1.165) is 12.0 Å². The van der Waals surface area contributed by atoms with Crippen molar-refractivity contribution in [2.45, 2.75) is 83.1 Å². The summed E-state index contributed by atoms with van der Waals surface area (Å²) in [6.07, 6.45) is 4.09. The molecule has 0 aromatic heterocycles. The van der Waals surface area contributed by atoms with Crippen molar-refractivity contribution in [1.29, 1.82) is 0 Å². The third-order valence-electron chi connectivity index (χ3n) is 9.08. The SMILES string of the molecule is COC1(C(C)=O)CCC2C3CCC4=CC(=O)CCC4(C)C3(F)C(O)CC21C. The van der Waals surface area contributed by atoms with Crippen LogP contribution in [0.2, 0.25) is 0 Å². The Morgan fingerprint density at radius 2 is 1.93 bits per heavy atom. The predicted molar refractivity (Wildman–Crippen MR) is 98.9 cm³/mol. The number of ketones is 2. The monoisotopic (exact) mass is 378 g/mol. The van der Waals surface area contributed by atoms with Crippen molar-refractivity contribution in [3.63, 3.8) is 0 Å². The van der Waals surface area contributed by atoms with Crippen molar-refractivity contribution in [3.05, 3.63) is 11.6 Å². The van der Waals surface area contributed by atoms with Crippen molar-refractivity contribution in [2.75, 3.05) is 7.11 Å². The lowest BCUT2D eigenvalue weighted by Gasteiger charge is -2.63. The van der Waals surface area contributed by atoms with E-state index in [2.05, 4.69) is 0 Å². The molecule has 4 aliphatic rings. The number of carbonyl (C=O) groups excluding carboxylic acids is 2. The fourth-order valence-electron chi connectivity index (χ4n) is 7.62. The summed E-state index contributed by atoms with van der Waals surface area (Å²) in [6.45, 7) is 5.46. The number of rotatable bonds is 2. The molecular weight excluding hydrogens is 347 g/mol. The molecule has 4 aliphatic carbocycles. The average molecular weight is 378 g/mol. The highest BCUT2D eigenvalue weighted by atomic mass is 19.1. The van der Waals surface area contributed by atoms with Gasteiger partial charge < -0.3 is 9.84 Å². The van der Waals surface area contributed by atoms with Crippen LogP contribution in [0.3, 0.4) is 0 Å². The van der Waals surface area contributed by atoms with Crippen LogP contribution in [0.25, 0.3) is 0 Å². The summed E-state index contributed by atoms with van der Waals surface area (Å²) in [5.41, 5.74) is -3.22. The molecule has 5 heteroatoms. The van der Waals surface area contributed by atoms with Crippen LogP contribution >= 0.6 is 0 Å². The molecular formula is C22H31FO4. The standard InChI is InChI=1S/C22H31FO4/c1-13(24)21(27-4)10-8-16-17-6-5-14-11-15(25)7-9-19(14,2)22(17,23)18(26)12-20(16,21)3/h11,16-18,26H,5-10,12H2,1-4H3. The van der Waals surface area contributed by atoms with Gasteiger partial charge in [-0.1, -0.05) is 19.4 Å². The summed E-state index contributed by atoms with van der Waals surface area (Å²) in [7, 11) is 1.56. The normalized spacial score (nSPS) is 51.9. The van der Waals surface area contributed by atoms with Gasteiger partial charge in [-0.15, -0.1) is 0 Å². The second kappa shape index (κ2) is 5.73. The van der Waals surface area contributed by atoms with Gasteiger partial charge in [0.25, 0.3) is 0 Å². The Morgan fingerprint density at radius 1 is 1.22 bits per heavy atom. The van der Waals surface area contributed by atoms with E-state index in [1.165, 1.54) is 0 Å². The van der Waals surface area contributed by atoms with Gasteiger partial charge in [0.05, 0.1) is 6.10 Å². The summed E-state index contributed by atoms with van der Waals surface area (Å²) in [5.74, 6) is -0.293. The average Bonchev–Trinajstić information content (AvgIpc) is 2.90. The predicted octanol–water partition coefficient (Wildman–Crippen LogP) is 3.56. The number of fused-ring (bicyclic) bond motifs is 5. The van der Waals surface area contributed by atoms with Crippen LogP contribution in [0.4, 0.5) is 4.39 Å². The van der Waals surface area contributed by atoms with E-state index in [1.807, 2.05) is 13.8 Å². The second-order valence-corrected chi connectivity index (χ2v) is 9.75. The lowest BCUT2D eigenvalue weighted by atomic mass is 9.44. The van der Waals surface area contributed by atoms with Crippen molar-refractivity contribution in [3.8, 4) is 0 Å². The number of Topliss-reactive ketones (excluding diaryl/α,β-unsaturated/α-hetero) is 1. The molecule has 150 valence electrons. The number of methoxy groups -OCH3 is 1. The molecule has 0 amide bonds. The first-order valence-corrected chi connectivity index (χ1v) is 10.2. The Bertz CT molecular complexity index is 732. The number of carbonyl (C=O) groups is 2. The largest absolute Gasteiger partial charge is 0.390 e. The van der Waals surface area contributed by atoms with Crippen molar-refractivity contribution < 1.29 is 23.8 Å². The lowest BCUT2D eigenvalue weighted by Crippen LogP contribution is -2.69. The molecule has 0 aromatic rings. The zero-order chi connectivity index (χ0) is 19.8. The van der Waals surface area contributed by atoms with Crippen LogP contribution in [0.15, 0.2) is 11.6 Å². The first-order chi connectivity index (χ1) is 12.6. The molecule has 0 aliphatic heterocycles. The van der Waals surface area contributed by atoms with Crippen LogP contribution < -0.4 is 0 Å². The Kier molecular flexibility index (Phi) is 4.08. The molecule has 7 atom stereocenters. The minimum Gasteiger partial charge on any atom is -0.390 e. The van der Waals surface area contributed by atoms with Gasteiger partial charge in [-0.25, -0.2) is 4.39 Å². The Morgan fingerprint density at radius 3 is 2.56 bits per heavy atom. The zero-order valence-corrected chi connectivity index (χ0v) is 16.8. The molecule has 0 radical (unpaired) electrons. The number of ether oxygens (including phenoxy) is 1. The van der Waals surface area contributed by atoms with Crippen molar-refractivity contribution in [2.24, 2.45) is 22.7 Å². The number of aliphatic hydroxyl groups excluding tert-OH is 1. The lowest BCUT2D eigenvalue weighted by molar-refractivity contribution is -0.229. The van der Waals surface area contributed by atoms with Gasteiger partial charge in [0.15, 0.2) is 11.6 Å². The molecule has 0 bridgehead atoms. The number of allylic oxidation sites excluding steroid dienone is 1. The topological polar surface area (TPSA) is 63.6 Å². The van der Waals surface area contributed by atoms with Crippen LogP contribution in [-0.2, 0) is 14.3 Å². The molecule has 0 spiro atoms. The Hall–Kier alpha value is -1.07. The summed E-state index contributed by atoms with van der Waals surface area (Å²) in [5, 5.41) is 11.2. The summed E-state index contributed by atoms with van der Waals surface area (Å²) in [4.78, 5) is 24.5. The van der Waals surface area contributed by atoms with Gasteiger partial charge in [0, 0.05) is 30.3 Å².